The molecule has 0 fully saturated rings. The minimum absolute atomic E-state index is 0.231. The number of aromatic nitrogens is 3. The highest BCUT2D eigenvalue weighted by Gasteiger charge is 2.04. The van der Waals surface area contributed by atoms with Crippen LogP contribution in [0.4, 0.5) is 11.9 Å². The summed E-state index contributed by atoms with van der Waals surface area (Å²) in [5.74, 6) is 1.11. The van der Waals surface area contributed by atoms with Crippen molar-refractivity contribution < 1.29 is 0 Å². The first-order valence-electron chi connectivity index (χ1n) is 8.15. The van der Waals surface area contributed by atoms with Crippen LogP contribution < -0.4 is 10.6 Å². The molecule has 0 saturated carbocycles. The Morgan fingerprint density at radius 1 is 0.714 bits per heavy atom. The summed E-state index contributed by atoms with van der Waals surface area (Å²) in [5.41, 5.74) is 0. The van der Waals surface area contributed by atoms with Crippen molar-refractivity contribution in [1.29, 1.82) is 0 Å². The zero-order chi connectivity index (χ0) is 15.3. The zero-order valence-electron chi connectivity index (χ0n) is 13.3. The monoisotopic (exact) mass is 313 g/mol. The molecule has 1 aromatic heterocycles. The number of nitrogens with one attached hydrogen (secondary N) is 2. The van der Waals surface area contributed by atoms with E-state index in [2.05, 4.69) is 39.4 Å². The molecule has 1 aromatic rings. The van der Waals surface area contributed by atoms with Crippen molar-refractivity contribution in [2.75, 3.05) is 23.7 Å². The summed E-state index contributed by atoms with van der Waals surface area (Å²) in [5, 5.41) is 6.62. The van der Waals surface area contributed by atoms with Gasteiger partial charge >= 0.3 is 0 Å². The molecule has 1 heterocycles. The molecule has 0 amide bonds. The second kappa shape index (κ2) is 11.5. The van der Waals surface area contributed by atoms with E-state index in [1.807, 2.05) is 0 Å². The average Bonchev–Trinajstić information content (AvgIpc) is 2.46. The number of nitrogens with zero attached hydrogens (tertiary/aromatic N) is 3. The van der Waals surface area contributed by atoms with Gasteiger partial charge in [-0.25, -0.2) is 0 Å². The molecule has 0 radical (unpaired) electrons. The third-order valence-corrected chi connectivity index (χ3v) is 3.40. The Morgan fingerprint density at radius 3 is 1.86 bits per heavy atom. The van der Waals surface area contributed by atoms with Gasteiger partial charge in [-0.2, -0.15) is 15.0 Å². The van der Waals surface area contributed by atoms with Gasteiger partial charge in [0.25, 0.3) is 0 Å². The predicted octanol–water partition coefficient (Wildman–Crippen LogP) is 4.51. The minimum atomic E-state index is 0.231. The van der Waals surface area contributed by atoms with Crippen LogP contribution >= 0.6 is 11.6 Å². The van der Waals surface area contributed by atoms with E-state index in [9.17, 15) is 0 Å². The van der Waals surface area contributed by atoms with E-state index < -0.39 is 0 Å². The molecule has 0 saturated heterocycles. The van der Waals surface area contributed by atoms with Crippen LogP contribution in [0.5, 0.6) is 0 Å². The molecule has 1 rings (SSSR count). The van der Waals surface area contributed by atoms with E-state index in [1.54, 1.807) is 0 Å². The van der Waals surface area contributed by atoms with E-state index >= 15 is 0 Å². The molecule has 0 aliphatic rings. The first-order valence-corrected chi connectivity index (χ1v) is 8.53. The van der Waals surface area contributed by atoms with Crippen LogP contribution in [0, 0.1) is 0 Å². The van der Waals surface area contributed by atoms with Gasteiger partial charge in [-0.3, -0.25) is 0 Å². The highest BCUT2D eigenvalue weighted by atomic mass is 35.5. The summed E-state index contributed by atoms with van der Waals surface area (Å²) >= 11 is 5.92. The SMILES string of the molecule is CCCCCCCCNc1nc(Cl)nc(NCCCC)n1. The lowest BCUT2D eigenvalue weighted by molar-refractivity contribution is 0.616. The highest BCUT2D eigenvalue weighted by molar-refractivity contribution is 6.28. The number of anilines is 2. The second-order valence-corrected chi connectivity index (χ2v) is 5.56. The molecule has 0 atom stereocenters. The van der Waals surface area contributed by atoms with E-state index in [1.165, 1.54) is 32.1 Å². The van der Waals surface area contributed by atoms with Gasteiger partial charge in [-0.1, -0.05) is 52.4 Å². The van der Waals surface area contributed by atoms with Crippen molar-refractivity contribution >= 4 is 23.5 Å². The molecular weight excluding hydrogens is 286 g/mol. The van der Waals surface area contributed by atoms with Crippen molar-refractivity contribution in [3.63, 3.8) is 0 Å². The lowest BCUT2D eigenvalue weighted by atomic mass is 10.1. The van der Waals surface area contributed by atoms with E-state index in [4.69, 9.17) is 11.6 Å². The van der Waals surface area contributed by atoms with E-state index in [0.717, 1.165) is 32.4 Å². The third-order valence-electron chi connectivity index (χ3n) is 3.24. The molecule has 6 heteroatoms. The van der Waals surface area contributed by atoms with Gasteiger partial charge < -0.3 is 10.6 Å². The fourth-order valence-corrected chi connectivity index (χ4v) is 2.15. The second-order valence-electron chi connectivity index (χ2n) is 5.23. The predicted molar refractivity (Wildman–Crippen MR) is 90.1 cm³/mol. The van der Waals surface area contributed by atoms with Gasteiger partial charge in [-0.05, 0) is 24.4 Å². The quantitative estimate of drug-likeness (QED) is 0.556. The van der Waals surface area contributed by atoms with Crippen LogP contribution in [-0.2, 0) is 0 Å². The van der Waals surface area contributed by atoms with Gasteiger partial charge in [-0.15, -0.1) is 0 Å². The molecule has 0 aliphatic carbocycles. The smallest absolute Gasteiger partial charge is 0.228 e. The molecule has 5 nitrogen and oxygen atoms in total. The van der Waals surface area contributed by atoms with Gasteiger partial charge in [0.2, 0.25) is 17.2 Å². The molecule has 0 aliphatic heterocycles. The molecular formula is C15H28ClN5. The highest BCUT2D eigenvalue weighted by Crippen LogP contribution is 2.10. The first kappa shape index (κ1) is 18.0. The normalized spacial score (nSPS) is 10.6. The van der Waals surface area contributed by atoms with Crippen LogP contribution in [0.1, 0.15) is 65.2 Å². The maximum atomic E-state index is 5.92. The average molecular weight is 314 g/mol. The third kappa shape index (κ3) is 8.71. The van der Waals surface area contributed by atoms with Crippen LogP contribution in [0.2, 0.25) is 5.28 Å². The molecule has 21 heavy (non-hydrogen) atoms. The molecule has 0 spiro atoms. The number of rotatable bonds is 12. The number of hydrogen-bond donors (Lipinski definition) is 2. The summed E-state index contributed by atoms with van der Waals surface area (Å²) in [7, 11) is 0. The number of hydrogen-bond acceptors (Lipinski definition) is 5. The molecule has 0 aromatic carbocycles. The van der Waals surface area contributed by atoms with E-state index in [0.29, 0.717) is 11.9 Å². The summed E-state index contributed by atoms with van der Waals surface area (Å²) in [4.78, 5) is 12.5. The van der Waals surface area contributed by atoms with Crippen LogP contribution in [0.25, 0.3) is 0 Å². The Morgan fingerprint density at radius 2 is 1.24 bits per heavy atom. The fourth-order valence-electron chi connectivity index (χ4n) is 1.99. The minimum Gasteiger partial charge on any atom is -0.354 e. The Balaban J connectivity index is 2.27. The largest absolute Gasteiger partial charge is 0.354 e. The Labute approximate surface area is 133 Å². The summed E-state index contributed by atoms with van der Waals surface area (Å²) in [6.45, 7) is 6.11. The van der Waals surface area contributed by atoms with Crippen molar-refractivity contribution in [3.8, 4) is 0 Å². The van der Waals surface area contributed by atoms with Gasteiger partial charge in [0, 0.05) is 13.1 Å². The lowest BCUT2D eigenvalue weighted by Gasteiger charge is -2.08. The van der Waals surface area contributed by atoms with Crippen molar-refractivity contribution in [1.82, 2.24) is 15.0 Å². The summed E-state index contributed by atoms with van der Waals surface area (Å²) in [6, 6.07) is 0. The maximum absolute atomic E-state index is 5.92. The molecule has 120 valence electrons. The van der Waals surface area contributed by atoms with Crippen molar-refractivity contribution in [2.45, 2.75) is 65.2 Å². The van der Waals surface area contributed by atoms with Crippen molar-refractivity contribution in [2.24, 2.45) is 0 Å². The topological polar surface area (TPSA) is 62.7 Å². The first-order chi connectivity index (χ1) is 10.3. The maximum Gasteiger partial charge on any atom is 0.228 e. The Hall–Kier alpha value is -1.10. The Kier molecular flexibility index (Phi) is 9.87. The van der Waals surface area contributed by atoms with Crippen LogP contribution in [0.15, 0.2) is 0 Å². The number of unbranched alkanes of at least 4 members (excludes halogenated alkanes) is 6. The summed E-state index contributed by atoms with van der Waals surface area (Å²) < 4.78 is 0. The van der Waals surface area contributed by atoms with Gasteiger partial charge in [0.05, 0.1) is 0 Å². The standard InChI is InChI=1S/C15H28ClN5/c1-3-5-7-8-9-10-12-18-15-20-13(16)19-14(21-15)17-11-6-4-2/h3-12H2,1-2H3,(H2,17,18,19,20,21). The summed E-state index contributed by atoms with van der Waals surface area (Å²) in [6.07, 6.45) is 9.85. The zero-order valence-corrected chi connectivity index (χ0v) is 14.0. The van der Waals surface area contributed by atoms with Crippen LogP contribution in [-0.4, -0.2) is 28.0 Å². The van der Waals surface area contributed by atoms with E-state index in [-0.39, 0.29) is 5.28 Å². The molecule has 0 bridgehead atoms. The fraction of sp³-hybridized carbons (Fsp3) is 0.800. The number of halogens is 1. The lowest BCUT2D eigenvalue weighted by Crippen LogP contribution is -2.10. The van der Waals surface area contributed by atoms with Gasteiger partial charge in [0.15, 0.2) is 0 Å². The molecule has 2 N–H and O–H groups in total. The van der Waals surface area contributed by atoms with Crippen LogP contribution in [0.3, 0.4) is 0 Å². The van der Waals surface area contributed by atoms with Gasteiger partial charge in [0.1, 0.15) is 0 Å². The molecule has 0 unspecified atom stereocenters. The Bertz CT molecular complexity index is 386. The van der Waals surface area contributed by atoms with Crippen molar-refractivity contribution in [3.05, 3.63) is 5.28 Å².